The average molecular weight is 303 g/mol. The van der Waals surface area contributed by atoms with Crippen LogP contribution in [-0.2, 0) is 24.2 Å². The Morgan fingerprint density at radius 2 is 1.64 bits per heavy atom. The highest BCUT2D eigenvalue weighted by Crippen LogP contribution is 2.28. The van der Waals surface area contributed by atoms with Crippen molar-refractivity contribution in [2.24, 2.45) is 0 Å². The highest BCUT2D eigenvalue weighted by Gasteiger charge is 2.11. The molecule has 0 atom stereocenters. The number of rotatable bonds is 9. The molecule has 3 nitrogen and oxygen atoms in total. The number of carbonyl (C=O) groups excluding carboxylic acids is 1. The van der Waals surface area contributed by atoms with E-state index >= 15 is 0 Å². The van der Waals surface area contributed by atoms with Crippen LogP contribution in [0.15, 0.2) is 24.3 Å². The summed E-state index contributed by atoms with van der Waals surface area (Å²) in [4.78, 5) is 11.6. The maximum Gasteiger partial charge on any atom is 0.246 e. The second-order valence-electron chi connectivity index (χ2n) is 5.93. The molecule has 2 N–H and O–H groups in total. The third kappa shape index (κ3) is 5.55. The molecule has 0 spiro atoms. The van der Waals surface area contributed by atoms with Crippen LogP contribution < -0.4 is 5.32 Å². The summed E-state index contributed by atoms with van der Waals surface area (Å²) in [6.45, 7) is 10.1. The predicted octanol–water partition coefficient (Wildman–Crippen LogP) is 4.27. The number of hydrogen-bond acceptors (Lipinski definition) is 2. The van der Waals surface area contributed by atoms with E-state index in [2.05, 4.69) is 25.7 Å². The second kappa shape index (κ2) is 9.29. The van der Waals surface area contributed by atoms with Gasteiger partial charge in [-0.25, -0.2) is 0 Å². The molecule has 1 rings (SSSR count). The molecule has 0 fully saturated rings. The summed E-state index contributed by atoms with van der Waals surface area (Å²) < 4.78 is 0. The molecule has 1 aromatic rings. The van der Waals surface area contributed by atoms with Crippen LogP contribution in [0.25, 0.3) is 0 Å². The van der Waals surface area contributed by atoms with Crippen LogP contribution in [0.2, 0.25) is 0 Å². The summed E-state index contributed by atoms with van der Waals surface area (Å²) in [6, 6.07) is 4.03. The van der Waals surface area contributed by atoms with Gasteiger partial charge in [0.05, 0.1) is 0 Å². The molecule has 0 aliphatic carbocycles. The zero-order chi connectivity index (χ0) is 16.5. The summed E-state index contributed by atoms with van der Waals surface area (Å²) in [5, 5.41) is 13.3. The third-order valence-electron chi connectivity index (χ3n) is 3.77. The first-order valence-corrected chi connectivity index (χ1v) is 8.26. The lowest BCUT2D eigenvalue weighted by atomic mass is 9.97. The predicted molar refractivity (Wildman–Crippen MR) is 92.0 cm³/mol. The fourth-order valence-corrected chi connectivity index (χ4v) is 2.38. The fourth-order valence-electron chi connectivity index (χ4n) is 2.38. The lowest BCUT2D eigenvalue weighted by molar-refractivity contribution is -0.117. The number of phenols is 1. The van der Waals surface area contributed by atoms with Crippen molar-refractivity contribution in [3.05, 3.63) is 41.0 Å². The molecule has 0 heterocycles. The Bertz CT molecular complexity index is 491. The summed E-state index contributed by atoms with van der Waals surface area (Å²) in [7, 11) is 0. The van der Waals surface area contributed by atoms with Crippen LogP contribution >= 0.6 is 0 Å². The molecule has 1 amide bonds. The quantitative estimate of drug-likeness (QED) is 0.669. The van der Waals surface area contributed by atoms with Gasteiger partial charge in [0.15, 0.2) is 0 Å². The molecule has 0 aliphatic rings. The summed E-state index contributed by atoms with van der Waals surface area (Å²) in [5.74, 6) is 0.315. The van der Waals surface area contributed by atoms with Crippen molar-refractivity contribution in [3.63, 3.8) is 0 Å². The molecule has 22 heavy (non-hydrogen) atoms. The number of carbonyl (C=O) groups is 1. The largest absolute Gasteiger partial charge is 0.507 e. The maximum atomic E-state index is 11.6. The molecule has 3 heteroatoms. The first kappa shape index (κ1) is 18.3. The number of hydrogen-bond donors (Lipinski definition) is 2. The third-order valence-corrected chi connectivity index (χ3v) is 3.77. The zero-order valence-corrected chi connectivity index (χ0v) is 14.2. The molecular formula is C19H29NO2. The van der Waals surface area contributed by atoms with E-state index in [4.69, 9.17) is 0 Å². The highest BCUT2D eigenvalue weighted by molar-refractivity contribution is 5.92. The first-order valence-electron chi connectivity index (χ1n) is 8.26. The van der Waals surface area contributed by atoms with Gasteiger partial charge in [0.1, 0.15) is 5.75 Å². The molecule has 0 aliphatic heterocycles. The molecule has 1 aromatic carbocycles. The van der Waals surface area contributed by atoms with Crippen molar-refractivity contribution in [1.29, 1.82) is 0 Å². The number of nitrogens with one attached hydrogen (secondary N) is 1. The maximum absolute atomic E-state index is 11.6. The van der Waals surface area contributed by atoms with Crippen molar-refractivity contribution in [2.75, 3.05) is 0 Å². The van der Waals surface area contributed by atoms with E-state index in [9.17, 15) is 9.90 Å². The van der Waals surface area contributed by atoms with Crippen LogP contribution in [0.5, 0.6) is 5.75 Å². The van der Waals surface area contributed by atoms with Gasteiger partial charge in [-0.2, -0.15) is 0 Å². The van der Waals surface area contributed by atoms with Gasteiger partial charge in [0.2, 0.25) is 5.91 Å². The normalized spacial score (nSPS) is 10.5. The van der Waals surface area contributed by atoms with Gasteiger partial charge in [0.25, 0.3) is 0 Å². The van der Waals surface area contributed by atoms with E-state index in [0.717, 1.165) is 55.2 Å². The summed E-state index contributed by atoms with van der Waals surface area (Å²) >= 11 is 0. The van der Waals surface area contributed by atoms with Crippen molar-refractivity contribution >= 4 is 5.91 Å². The number of phenolic OH excluding ortho intramolecular Hbond substituents is 1. The number of aromatic hydroxyl groups is 1. The Hall–Kier alpha value is -1.77. The SMILES string of the molecule is C=C(C)C(=O)NCc1cc(CCCC)c(O)c(CCCC)c1. The molecule has 0 bridgehead atoms. The monoisotopic (exact) mass is 303 g/mol. The van der Waals surface area contributed by atoms with Gasteiger partial charge in [-0.1, -0.05) is 45.4 Å². The van der Waals surface area contributed by atoms with E-state index in [-0.39, 0.29) is 5.91 Å². The number of amides is 1. The molecule has 0 saturated carbocycles. The number of aryl methyl sites for hydroxylation is 2. The first-order chi connectivity index (χ1) is 10.5. The number of unbranched alkanes of at least 4 members (excludes halogenated alkanes) is 2. The van der Waals surface area contributed by atoms with Gasteiger partial charge in [-0.3, -0.25) is 4.79 Å². The average Bonchev–Trinajstić information content (AvgIpc) is 2.50. The molecule has 122 valence electrons. The molecule has 0 unspecified atom stereocenters. The Kier molecular flexibility index (Phi) is 7.72. The van der Waals surface area contributed by atoms with Crippen LogP contribution in [0.3, 0.4) is 0 Å². The van der Waals surface area contributed by atoms with Crippen LogP contribution in [0.4, 0.5) is 0 Å². The lowest BCUT2D eigenvalue weighted by Gasteiger charge is -2.14. The minimum absolute atomic E-state index is 0.127. The van der Waals surface area contributed by atoms with Crippen LogP contribution in [-0.4, -0.2) is 11.0 Å². The zero-order valence-electron chi connectivity index (χ0n) is 14.2. The van der Waals surface area contributed by atoms with E-state index in [0.29, 0.717) is 17.9 Å². The summed E-state index contributed by atoms with van der Waals surface area (Å²) in [6.07, 6.45) is 6.07. The lowest BCUT2D eigenvalue weighted by Crippen LogP contribution is -2.23. The van der Waals surface area contributed by atoms with Crippen molar-refractivity contribution in [3.8, 4) is 5.75 Å². The van der Waals surface area contributed by atoms with E-state index in [1.54, 1.807) is 6.92 Å². The standard InChI is InChI=1S/C19H29NO2/c1-5-7-9-16-11-15(13-20-19(22)14(3)4)12-17(18(16)21)10-8-6-2/h11-12,21H,3,5-10,13H2,1-2,4H3,(H,20,22). The smallest absolute Gasteiger partial charge is 0.246 e. The van der Waals surface area contributed by atoms with Gasteiger partial charge < -0.3 is 10.4 Å². The molecule has 0 aromatic heterocycles. The Morgan fingerprint density at radius 1 is 1.14 bits per heavy atom. The second-order valence-corrected chi connectivity index (χ2v) is 5.93. The Morgan fingerprint density at radius 3 is 2.05 bits per heavy atom. The van der Waals surface area contributed by atoms with Crippen LogP contribution in [0, 0.1) is 0 Å². The number of benzene rings is 1. The van der Waals surface area contributed by atoms with Crippen molar-refractivity contribution < 1.29 is 9.90 Å². The highest BCUT2D eigenvalue weighted by atomic mass is 16.3. The van der Waals surface area contributed by atoms with Crippen molar-refractivity contribution in [1.82, 2.24) is 5.32 Å². The molecular weight excluding hydrogens is 274 g/mol. The van der Waals surface area contributed by atoms with E-state index in [1.165, 1.54) is 0 Å². The summed E-state index contributed by atoms with van der Waals surface area (Å²) in [5.41, 5.74) is 3.55. The van der Waals surface area contributed by atoms with Crippen LogP contribution in [0.1, 0.15) is 63.1 Å². The molecule has 0 radical (unpaired) electrons. The topological polar surface area (TPSA) is 49.3 Å². The minimum Gasteiger partial charge on any atom is -0.507 e. The van der Waals surface area contributed by atoms with Gasteiger partial charge >= 0.3 is 0 Å². The van der Waals surface area contributed by atoms with E-state index in [1.807, 2.05) is 12.1 Å². The Labute approximate surface area is 134 Å². The van der Waals surface area contributed by atoms with E-state index < -0.39 is 0 Å². The Balaban J connectivity index is 2.94. The van der Waals surface area contributed by atoms with Gasteiger partial charge in [-0.05, 0) is 49.3 Å². The minimum atomic E-state index is -0.127. The molecule has 0 saturated heterocycles. The van der Waals surface area contributed by atoms with Gasteiger partial charge in [0, 0.05) is 12.1 Å². The fraction of sp³-hybridized carbons (Fsp3) is 0.526. The van der Waals surface area contributed by atoms with Crippen molar-refractivity contribution in [2.45, 2.75) is 65.8 Å². The van der Waals surface area contributed by atoms with Gasteiger partial charge in [-0.15, -0.1) is 0 Å².